The fraction of sp³-hybridized carbons (Fsp3) is 0.400. The molecule has 4 nitrogen and oxygen atoms in total. The van der Waals surface area contributed by atoms with Gasteiger partial charge in [-0.15, -0.1) is 0 Å². The smallest absolute Gasteiger partial charge is 0.162 e. The molecule has 1 heterocycles. The van der Waals surface area contributed by atoms with Crippen molar-refractivity contribution in [1.82, 2.24) is 4.98 Å². The first-order valence-electron chi connectivity index (χ1n) is 6.25. The fourth-order valence-corrected chi connectivity index (χ4v) is 1.93. The third kappa shape index (κ3) is 2.49. The van der Waals surface area contributed by atoms with Gasteiger partial charge in [-0.2, -0.15) is 0 Å². The van der Waals surface area contributed by atoms with E-state index in [1.54, 1.807) is 14.2 Å². The van der Waals surface area contributed by atoms with Gasteiger partial charge >= 0.3 is 0 Å². The number of benzene rings is 1. The van der Waals surface area contributed by atoms with E-state index in [9.17, 15) is 0 Å². The quantitative estimate of drug-likeness (QED) is 0.917. The van der Waals surface area contributed by atoms with Crippen molar-refractivity contribution in [2.24, 2.45) is 5.73 Å². The lowest BCUT2D eigenvalue weighted by atomic mass is 9.89. The van der Waals surface area contributed by atoms with Crippen LogP contribution >= 0.6 is 0 Å². The molecule has 0 saturated heterocycles. The van der Waals surface area contributed by atoms with Gasteiger partial charge in [0.25, 0.3) is 0 Å². The van der Waals surface area contributed by atoms with Gasteiger partial charge in [-0.05, 0) is 12.1 Å². The van der Waals surface area contributed by atoms with E-state index in [1.165, 1.54) is 0 Å². The summed E-state index contributed by atoms with van der Waals surface area (Å²) in [5, 5.41) is 1.02. The molecule has 0 spiro atoms. The van der Waals surface area contributed by atoms with Crippen molar-refractivity contribution in [1.29, 1.82) is 0 Å². The van der Waals surface area contributed by atoms with Crippen LogP contribution in [0.1, 0.15) is 19.5 Å². The normalized spacial score (nSPS) is 11.6. The third-order valence-corrected chi connectivity index (χ3v) is 3.40. The van der Waals surface area contributed by atoms with Crippen LogP contribution in [0.2, 0.25) is 0 Å². The molecule has 2 rings (SSSR count). The molecule has 0 aliphatic carbocycles. The van der Waals surface area contributed by atoms with Crippen molar-refractivity contribution in [2.45, 2.75) is 19.3 Å². The molecule has 0 amide bonds. The van der Waals surface area contributed by atoms with E-state index in [0.29, 0.717) is 18.0 Å². The molecule has 19 heavy (non-hydrogen) atoms. The van der Waals surface area contributed by atoms with Crippen LogP contribution in [0.25, 0.3) is 10.9 Å². The topological polar surface area (TPSA) is 57.4 Å². The molecule has 0 aliphatic rings. The molecular formula is C15H20N2O2. The average molecular weight is 260 g/mol. The molecule has 0 bridgehead atoms. The summed E-state index contributed by atoms with van der Waals surface area (Å²) < 4.78 is 10.6. The maximum atomic E-state index is 5.80. The van der Waals surface area contributed by atoms with Crippen LogP contribution in [-0.2, 0) is 5.41 Å². The summed E-state index contributed by atoms with van der Waals surface area (Å²) in [5.74, 6) is 1.40. The zero-order chi connectivity index (χ0) is 14.0. The third-order valence-electron chi connectivity index (χ3n) is 3.40. The minimum Gasteiger partial charge on any atom is -0.493 e. The number of rotatable bonds is 4. The van der Waals surface area contributed by atoms with Crippen molar-refractivity contribution in [3.63, 3.8) is 0 Å². The number of ether oxygens (including phenoxy) is 2. The largest absolute Gasteiger partial charge is 0.493 e. The number of hydrogen-bond acceptors (Lipinski definition) is 4. The predicted octanol–water partition coefficient (Wildman–Crippen LogP) is 2.49. The Hall–Kier alpha value is -1.81. The zero-order valence-corrected chi connectivity index (χ0v) is 11.9. The van der Waals surface area contributed by atoms with Crippen molar-refractivity contribution in [2.75, 3.05) is 20.8 Å². The molecular weight excluding hydrogens is 240 g/mol. The van der Waals surface area contributed by atoms with Crippen LogP contribution in [0.3, 0.4) is 0 Å². The Bertz CT molecular complexity index is 594. The highest BCUT2D eigenvalue weighted by Gasteiger charge is 2.20. The highest BCUT2D eigenvalue weighted by molar-refractivity contribution is 5.83. The lowest BCUT2D eigenvalue weighted by Gasteiger charge is -2.22. The average Bonchev–Trinajstić information content (AvgIpc) is 2.44. The minimum absolute atomic E-state index is 0.138. The monoisotopic (exact) mass is 260 g/mol. The van der Waals surface area contributed by atoms with Crippen LogP contribution in [0, 0.1) is 0 Å². The SMILES string of the molecule is COc1cc2ccc(C(C)(C)CN)nc2cc1OC. The molecule has 0 saturated carbocycles. The Morgan fingerprint density at radius 2 is 1.74 bits per heavy atom. The molecule has 4 heteroatoms. The molecule has 102 valence electrons. The first-order chi connectivity index (χ1) is 9.01. The second-order valence-corrected chi connectivity index (χ2v) is 5.18. The Morgan fingerprint density at radius 1 is 1.11 bits per heavy atom. The summed E-state index contributed by atoms with van der Waals surface area (Å²) in [6.45, 7) is 4.72. The van der Waals surface area contributed by atoms with Gasteiger partial charge in [0, 0.05) is 29.1 Å². The van der Waals surface area contributed by atoms with Gasteiger partial charge in [0.1, 0.15) is 0 Å². The highest BCUT2D eigenvalue weighted by atomic mass is 16.5. The fourth-order valence-electron chi connectivity index (χ4n) is 1.93. The van der Waals surface area contributed by atoms with Crippen LogP contribution in [0.4, 0.5) is 0 Å². The van der Waals surface area contributed by atoms with Gasteiger partial charge < -0.3 is 15.2 Å². The Labute approximate surface area is 113 Å². The summed E-state index contributed by atoms with van der Waals surface area (Å²) in [6, 6.07) is 7.88. The van der Waals surface area contributed by atoms with E-state index in [4.69, 9.17) is 15.2 Å². The summed E-state index contributed by atoms with van der Waals surface area (Å²) in [7, 11) is 3.25. The van der Waals surface area contributed by atoms with E-state index in [1.807, 2.05) is 24.3 Å². The number of fused-ring (bicyclic) bond motifs is 1. The molecule has 2 aromatic rings. The molecule has 0 unspecified atom stereocenters. The molecule has 0 radical (unpaired) electrons. The summed E-state index contributed by atoms with van der Waals surface area (Å²) in [5.41, 5.74) is 7.53. The van der Waals surface area contributed by atoms with Gasteiger partial charge in [-0.1, -0.05) is 19.9 Å². The Balaban J connectivity index is 2.60. The lowest BCUT2D eigenvalue weighted by molar-refractivity contribution is 0.355. The van der Waals surface area contributed by atoms with Crippen LogP contribution < -0.4 is 15.2 Å². The molecule has 0 aliphatic heterocycles. The van der Waals surface area contributed by atoms with Crippen LogP contribution in [0.15, 0.2) is 24.3 Å². The van der Waals surface area contributed by atoms with Gasteiger partial charge in [-0.25, -0.2) is 0 Å². The summed E-state index contributed by atoms with van der Waals surface area (Å²) in [6.07, 6.45) is 0. The molecule has 1 aromatic carbocycles. The van der Waals surface area contributed by atoms with E-state index in [0.717, 1.165) is 16.6 Å². The zero-order valence-electron chi connectivity index (χ0n) is 11.9. The van der Waals surface area contributed by atoms with Gasteiger partial charge in [0.15, 0.2) is 11.5 Å². The van der Waals surface area contributed by atoms with Gasteiger partial charge in [0.05, 0.1) is 19.7 Å². The standard InChI is InChI=1S/C15H20N2O2/c1-15(2,9-16)14-6-5-10-7-12(18-3)13(19-4)8-11(10)17-14/h5-8H,9,16H2,1-4H3. The second-order valence-electron chi connectivity index (χ2n) is 5.18. The number of hydrogen-bond donors (Lipinski definition) is 1. The Morgan fingerprint density at radius 3 is 2.32 bits per heavy atom. The maximum Gasteiger partial charge on any atom is 0.162 e. The first-order valence-corrected chi connectivity index (χ1v) is 6.25. The summed E-state index contributed by atoms with van der Waals surface area (Å²) in [4.78, 5) is 4.69. The first kappa shape index (κ1) is 13.6. The van der Waals surface area contributed by atoms with Gasteiger partial charge in [0.2, 0.25) is 0 Å². The van der Waals surface area contributed by atoms with E-state index >= 15 is 0 Å². The number of aromatic nitrogens is 1. The molecule has 0 atom stereocenters. The number of pyridine rings is 1. The van der Waals surface area contributed by atoms with Crippen molar-refractivity contribution in [3.05, 3.63) is 30.0 Å². The van der Waals surface area contributed by atoms with Crippen LogP contribution in [0.5, 0.6) is 11.5 Å². The summed E-state index contributed by atoms with van der Waals surface area (Å²) >= 11 is 0. The van der Waals surface area contributed by atoms with Crippen LogP contribution in [-0.4, -0.2) is 25.7 Å². The number of methoxy groups -OCH3 is 2. The number of nitrogens with zero attached hydrogens (tertiary/aromatic N) is 1. The van der Waals surface area contributed by atoms with Crippen molar-refractivity contribution >= 4 is 10.9 Å². The Kier molecular flexibility index (Phi) is 3.62. The van der Waals surface area contributed by atoms with E-state index in [2.05, 4.69) is 18.8 Å². The van der Waals surface area contributed by atoms with Crippen molar-refractivity contribution < 1.29 is 9.47 Å². The lowest BCUT2D eigenvalue weighted by Crippen LogP contribution is -2.29. The molecule has 0 fully saturated rings. The van der Waals surface area contributed by atoms with Crippen molar-refractivity contribution in [3.8, 4) is 11.5 Å². The maximum absolute atomic E-state index is 5.80. The molecule has 2 N–H and O–H groups in total. The number of nitrogens with two attached hydrogens (primary N) is 1. The minimum atomic E-state index is -0.138. The second kappa shape index (κ2) is 5.05. The predicted molar refractivity (Wildman–Crippen MR) is 76.9 cm³/mol. The highest BCUT2D eigenvalue weighted by Crippen LogP contribution is 2.32. The molecule has 1 aromatic heterocycles. The van der Waals surface area contributed by atoms with E-state index < -0.39 is 0 Å². The van der Waals surface area contributed by atoms with E-state index in [-0.39, 0.29) is 5.41 Å². The van der Waals surface area contributed by atoms with Gasteiger partial charge in [-0.3, -0.25) is 4.98 Å².